The molecule has 0 atom stereocenters. The summed E-state index contributed by atoms with van der Waals surface area (Å²) >= 11 is 0. The number of nitrogens with zero attached hydrogens (tertiary/aromatic N) is 4. The third-order valence-corrected chi connectivity index (χ3v) is 1.22. The Balaban J connectivity index is 3.11. The molecule has 0 aliphatic carbocycles. The highest BCUT2D eigenvalue weighted by Crippen LogP contribution is 2.09. The quantitative estimate of drug-likeness (QED) is 0.380. The molecule has 2 N–H and O–H groups in total. The number of nitrogens with two attached hydrogens (primary N) is 1. The lowest BCUT2D eigenvalue weighted by atomic mass is 10.2. The van der Waals surface area contributed by atoms with Crippen molar-refractivity contribution in [2.24, 2.45) is 5.11 Å². The van der Waals surface area contributed by atoms with Crippen LogP contribution in [0.3, 0.4) is 0 Å². The predicted molar refractivity (Wildman–Crippen MR) is 42.1 cm³/mol. The maximum atomic E-state index is 10.9. The van der Waals surface area contributed by atoms with E-state index in [2.05, 4.69) is 15.0 Å². The van der Waals surface area contributed by atoms with Crippen molar-refractivity contribution in [3.63, 3.8) is 0 Å². The molecule has 1 amide bonds. The van der Waals surface area contributed by atoms with Crippen molar-refractivity contribution in [2.75, 3.05) is 5.73 Å². The molecule has 1 aromatic heterocycles. The fraction of sp³-hybridized carbons (Fsp3) is 0. The maximum Gasteiger partial charge on any atom is 0.251 e. The summed E-state index contributed by atoms with van der Waals surface area (Å²) in [6.45, 7) is 0. The van der Waals surface area contributed by atoms with Crippen LogP contribution in [0.1, 0.15) is 10.4 Å². The molecule has 6 heteroatoms. The van der Waals surface area contributed by atoms with Crippen LogP contribution in [0.25, 0.3) is 10.4 Å². The van der Waals surface area contributed by atoms with Crippen molar-refractivity contribution in [3.8, 4) is 0 Å². The lowest BCUT2D eigenvalue weighted by molar-refractivity contribution is 0.100. The average Bonchev–Trinajstić information content (AvgIpc) is 2.05. The molecule has 0 bridgehead atoms. The van der Waals surface area contributed by atoms with Crippen LogP contribution in [0.2, 0.25) is 0 Å². The molecule has 1 heterocycles. The van der Waals surface area contributed by atoms with Crippen LogP contribution in [0, 0.1) is 0 Å². The molecule has 12 heavy (non-hydrogen) atoms. The van der Waals surface area contributed by atoms with Gasteiger partial charge < -0.3 is 5.73 Å². The fourth-order valence-electron chi connectivity index (χ4n) is 0.696. The van der Waals surface area contributed by atoms with Crippen molar-refractivity contribution in [1.82, 2.24) is 4.98 Å². The summed E-state index contributed by atoms with van der Waals surface area (Å²) in [7, 11) is 0. The number of aromatic nitrogens is 1. The van der Waals surface area contributed by atoms with Crippen molar-refractivity contribution in [1.29, 1.82) is 0 Å². The van der Waals surface area contributed by atoms with Crippen LogP contribution in [0.15, 0.2) is 23.6 Å². The zero-order valence-corrected chi connectivity index (χ0v) is 6.01. The molecule has 0 aliphatic heterocycles. The van der Waals surface area contributed by atoms with Crippen LogP contribution >= 0.6 is 0 Å². The SMILES string of the molecule is [N-]=[N+]=NC(=O)c1ccncc1N. The first kappa shape index (κ1) is 8.03. The number of hydrogen-bond acceptors (Lipinski definition) is 3. The van der Waals surface area contributed by atoms with Gasteiger partial charge in [-0.1, -0.05) is 0 Å². The molecule has 0 fully saturated rings. The molecule has 1 aromatic rings. The Morgan fingerprint density at radius 2 is 2.50 bits per heavy atom. The minimum absolute atomic E-state index is 0.169. The first-order chi connectivity index (χ1) is 5.75. The van der Waals surface area contributed by atoms with Crippen molar-refractivity contribution >= 4 is 11.6 Å². The smallest absolute Gasteiger partial charge is 0.251 e. The standard InChI is InChI=1S/C6H5N5O/c7-5-3-9-2-1-4(5)6(12)10-11-8/h1-3H,7H2. The van der Waals surface area contributed by atoms with Crippen LogP contribution in [-0.2, 0) is 0 Å². The molecule has 0 saturated heterocycles. The number of carbonyl (C=O) groups is 1. The lowest BCUT2D eigenvalue weighted by Gasteiger charge is -1.96. The minimum Gasteiger partial charge on any atom is -0.397 e. The average molecular weight is 163 g/mol. The zero-order chi connectivity index (χ0) is 8.97. The lowest BCUT2D eigenvalue weighted by Crippen LogP contribution is -2.00. The first-order valence-electron chi connectivity index (χ1n) is 3.04. The second-order valence-corrected chi connectivity index (χ2v) is 1.96. The molecule has 6 nitrogen and oxygen atoms in total. The summed E-state index contributed by atoms with van der Waals surface area (Å²) in [4.78, 5) is 17.0. The summed E-state index contributed by atoms with van der Waals surface area (Å²) in [5.74, 6) is -0.697. The molecule has 0 aromatic carbocycles. The van der Waals surface area contributed by atoms with Crippen LogP contribution in [-0.4, -0.2) is 10.9 Å². The first-order valence-corrected chi connectivity index (χ1v) is 3.04. The number of rotatable bonds is 1. The fourth-order valence-corrected chi connectivity index (χ4v) is 0.696. The Hall–Kier alpha value is -2.07. The predicted octanol–water partition coefficient (Wildman–Crippen LogP) is 1.11. The molecule has 0 aliphatic rings. The van der Waals surface area contributed by atoms with Crippen molar-refractivity contribution < 1.29 is 4.79 Å². The Morgan fingerprint density at radius 1 is 1.75 bits per heavy atom. The highest BCUT2D eigenvalue weighted by atomic mass is 16.1. The molecule has 0 unspecified atom stereocenters. The summed E-state index contributed by atoms with van der Waals surface area (Å²) < 4.78 is 0. The number of nitrogen functional groups attached to an aromatic ring is 1. The van der Waals surface area contributed by atoms with Crippen molar-refractivity contribution in [3.05, 3.63) is 34.5 Å². The van der Waals surface area contributed by atoms with Gasteiger partial charge in [-0.05, 0) is 16.7 Å². The topological polar surface area (TPSA) is 105 Å². The van der Waals surface area contributed by atoms with Gasteiger partial charge in [-0.15, -0.1) is 0 Å². The number of pyridine rings is 1. The molecule has 1 rings (SSSR count). The van der Waals surface area contributed by atoms with Crippen LogP contribution in [0.5, 0.6) is 0 Å². The summed E-state index contributed by atoms with van der Waals surface area (Å²) in [6.07, 6.45) is 2.72. The molecular formula is C6H5N5O. The van der Waals surface area contributed by atoms with Crippen LogP contribution < -0.4 is 5.73 Å². The van der Waals surface area contributed by atoms with E-state index in [0.717, 1.165) is 0 Å². The van der Waals surface area contributed by atoms with E-state index in [1.165, 1.54) is 18.5 Å². The molecule has 0 spiro atoms. The van der Waals surface area contributed by atoms with Gasteiger partial charge in [-0.25, -0.2) is 0 Å². The largest absolute Gasteiger partial charge is 0.397 e. The van der Waals surface area contributed by atoms with Gasteiger partial charge in [0.2, 0.25) is 0 Å². The third kappa shape index (κ3) is 1.50. The second kappa shape index (κ2) is 3.36. The Kier molecular flexibility index (Phi) is 2.25. The molecule has 60 valence electrons. The summed E-state index contributed by atoms with van der Waals surface area (Å²) in [5.41, 5.74) is 13.7. The van der Waals surface area contributed by atoms with Crippen LogP contribution in [0.4, 0.5) is 5.69 Å². The summed E-state index contributed by atoms with van der Waals surface area (Å²) in [6, 6.07) is 1.40. The van der Waals surface area contributed by atoms with E-state index in [1.807, 2.05) is 0 Å². The van der Waals surface area contributed by atoms with E-state index in [-0.39, 0.29) is 11.3 Å². The van der Waals surface area contributed by atoms with Gasteiger partial charge in [0, 0.05) is 11.1 Å². The van der Waals surface area contributed by atoms with Gasteiger partial charge in [-0.3, -0.25) is 9.78 Å². The van der Waals surface area contributed by atoms with Gasteiger partial charge >= 0.3 is 0 Å². The van der Waals surface area contributed by atoms with Crippen molar-refractivity contribution in [2.45, 2.75) is 0 Å². The number of azide groups is 1. The number of anilines is 1. The van der Waals surface area contributed by atoms with Gasteiger partial charge in [0.1, 0.15) is 0 Å². The maximum absolute atomic E-state index is 10.9. The molecule has 0 radical (unpaired) electrons. The van der Waals surface area contributed by atoms with Gasteiger partial charge in [0.15, 0.2) is 0 Å². The normalized spacial score (nSPS) is 8.67. The number of hydrogen-bond donors (Lipinski definition) is 1. The van der Waals surface area contributed by atoms with Gasteiger partial charge in [0.05, 0.1) is 17.4 Å². The minimum atomic E-state index is -0.697. The monoisotopic (exact) mass is 163 g/mol. The Bertz CT molecular complexity index is 355. The van der Waals surface area contributed by atoms with Gasteiger partial charge in [0.25, 0.3) is 5.91 Å². The number of carbonyl (C=O) groups excluding carboxylic acids is 1. The molecular weight excluding hydrogens is 158 g/mol. The van der Waals surface area contributed by atoms with E-state index in [4.69, 9.17) is 11.3 Å². The van der Waals surface area contributed by atoms with E-state index in [0.29, 0.717) is 0 Å². The highest BCUT2D eigenvalue weighted by molar-refractivity contribution is 5.99. The Morgan fingerprint density at radius 3 is 3.08 bits per heavy atom. The highest BCUT2D eigenvalue weighted by Gasteiger charge is 2.05. The van der Waals surface area contributed by atoms with E-state index >= 15 is 0 Å². The third-order valence-electron chi connectivity index (χ3n) is 1.22. The second-order valence-electron chi connectivity index (χ2n) is 1.96. The van der Waals surface area contributed by atoms with E-state index < -0.39 is 5.91 Å². The number of amides is 1. The Labute approximate surface area is 67.7 Å². The van der Waals surface area contributed by atoms with E-state index in [1.54, 1.807) is 0 Å². The van der Waals surface area contributed by atoms with E-state index in [9.17, 15) is 4.79 Å². The zero-order valence-electron chi connectivity index (χ0n) is 6.01. The summed E-state index contributed by atoms with van der Waals surface area (Å²) in [5, 5.41) is 2.89. The molecule has 0 saturated carbocycles. The van der Waals surface area contributed by atoms with Gasteiger partial charge in [-0.2, -0.15) is 0 Å².